The Hall–Kier alpha value is -1.32. The lowest BCUT2D eigenvalue weighted by atomic mass is 10.1. The Kier molecular flexibility index (Phi) is 4.28. The van der Waals surface area contributed by atoms with Crippen molar-refractivity contribution >= 4 is 28.6 Å². The number of carbonyl (C=O) groups is 1. The van der Waals surface area contributed by atoms with Crippen molar-refractivity contribution in [2.24, 2.45) is 11.3 Å². The summed E-state index contributed by atoms with van der Waals surface area (Å²) in [6.45, 7) is 4.17. The van der Waals surface area contributed by atoms with E-state index in [1.165, 1.54) is 5.56 Å². The van der Waals surface area contributed by atoms with Crippen LogP contribution in [0.1, 0.15) is 30.9 Å². The van der Waals surface area contributed by atoms with Crippen LogP contribution in [0.3, 0.4) is 0 Å². The van der Waals surface area contributed by atoms with Gasteiger partial charge in [0.1, 0.15) is 0 Å². The molecule has 0 spiro atoms. The molecule has 1 aliphatic rings. The van der Waals surface area contributed by atoms with E-state index in [-0.39, 0.29) is 22.5 Å². The molecule has 1 saturated carbocycles. The van der Waals surface area contributed by atoms with Crippen LogP contribution in [-0.2, 0) is 10.5 Å². The fourth-order valence-corrected chi connectivity index (χ4v) is 4.28. The lowest BCUT2D eigenvalue weighted by molar-refractivity contribution is -0.113. The van der Waals surface area contributed by atoms with E-state index in [9.17, 15) is 4.79 Å². The second kappa shape index (κ2) is 6.05. The van der Waals surface area contributed by atoms with Crippen LogP contribution in [0, 0.1) is 11.3 Å². The average Bonchev–Trinajstić information content (AvgIpc) is 3.10. The molecule has 0 bridgehead atoms. The van der Waals surface area contributed by atoms with E-state index in [1.807, 2.05) is 30.5 Å². The summed E-state index contributed by atoms with van der Waals surface area (Å²) in [6.07, 6.45) is 1.89. The largest absolute Gasteiger partial charge is 0.281 e. The van der Waals surface area contributed by atoms with Crippen molar-refractivity contribution in [1.29, 1.82) is 0 Å². The molecule has 0 N–H and O–H groups in total. The van der Waals surface area contributed by atoms with Crippen molar-refractivity contribution in [3.05, 3.63) is 59.8 Å². The van der Waals surface area contributed by atoms with Gasteiger partial charge in [-0.25, -0.2) is 4.98 Å². The van der Waals surface area contributed by atoms with Gasteiger partial charge in [0.15, 0.2) is 0 Å². The summed E-state index contributed by atoms with van der Waals surface area (Å²) in [4.78, 5) is 16.0. The van der Waals surface area contributed by atoms with Crippen LogP contribution in [0.5, 0.6) is 0 Å². The summed E-state index contributed by atoms with van der Waals surface area (Å²) in [7, 11) is 0. The number of pyridine rings is 1. The zero-order chi connectivity index (χ0) is 15.7. The normalized spacial score (nSPS) is 22.3. The van der Waals surface area contributed by atoms with E-state index in [0.717, 1.165) is 16.3 Å². The van der Waals surface area contributed by atoms with E-state index in [0.29, 0.717) is 0 Å². The minimum Gasteiger partial charge on any atom is -0.281 e. The van der Waals surface area contributed by atoms with E-state index in [2.05, 4.69) is 37.0 Å². The highest BCUT2D eigenvalue weighted by atomic mass is 35.5. The minimum absolute atomic E-state index is 0.0563. The third-order valence-electron chi connectivity index (χ3n) is 4.42. The molecule has 1 aromatic heterocycles. The highest BCUT2D eigenvalue weighted by Crippen LogP contribution is 2.65. The van der Waals surface area contributed by atoms with E-state index >= 15 is 0 Å². The number of hydrogen-bond acceptors (Lipinski definition) is 3. The summed E-state index contributed by atoms with van der Waals surface area (Å²) in [6, 6.07) is 14.5. The fraction of sp³-hybridized carbons (Fsp3) is 0.333. The minimum atomic E-state index is -0.238. The predicted octanol–water partition coefficient (Wildman–Crippen LogP) is 4.88. The number of aromatic nitrogens is 1. The molecule has 114 valence electrons. The van der Waals surface area contributed by atoms with Crippen LogP contribution in [0.4, 0.5) is 0 Å². The second-order valence-electron chi connectivity index (χ2n) is 6.28. The molecule has 1 aliphatic carbocycles. The van der Waals surface area contributed by atoms with Crippen LogP contribution in [0.15, 0.2) is 53.7 Å². The van der Waals surface area contributed by atoms with Gasteiger partial charge < -0.3 is 0 Å². The van der Waals surface area contributed by atoms with Gasteiger partial charge in [-0.1, -0.05) is 50.2 Å². The smallest absolute Gasteiger partial charge is 0.225 e. The number of nitrogens with zero attached hydrogens (tertiary/aromatic N) is 1. The third kappa shape index (κ3) is 3.06. The number of rotatable bonds is 5. The number of hydrogen-bond donors (Lipinski definition) is 0. The summed E-state index contributed by atoms with van der Waals surface area (Å²) in [5, 5.41) is 0.761. The number of thioether (sulfide) groups is 1. The van der Waals surface area contributed by atoms with Gasteiger partial charge in [0.25, 0.3) is 0 Å². The Labute approximate surface area is 140 Å². The topological polar surface area (TPSA) is 30.0 Å². The molecule has 2 aromatic rings. The maximum absolute atomic E-state index is 11.5. The first-order chi connectivity index (χ1) is 10.5. The summed E-state index contributed by atoms with van der Waals surface area (Å²) >= 11 is 7.41. The molecule has 0 aliphatic heterocycles. The Morgan fingerprint density at radius 1 is 1.23 bits per heavy atom. The Bertz CT molecular complexity index is 669. The Morgan fingerprint density at radius 2 is 1.95 bits per heavy atom. The SMILES string of the molecule is CC1(C)[C@@H](C(=O)Cl)[C@@H]1c1ccc(SCc2ccccc2)nc1. The van der Waals surface area contributed by atoms with Gasteiger partial charge in [0.2, 0.25) is 5.24 Å². The molecule has 4 heteroatoms. The predicted molar refractivity (Wildman–Crippen MR) is 91.1 cm³/mol. The number of halogens is 1. The molecule has 0 radical (unpaired) electrons. The molecule has 0 amide bonds. The average molecular weight is 332 g/mol. The number of benzene rings is 1. The monoisotopic (exact) mass is 331 g/mol. The molecule has 22 heavy (non-hydrogen) atoms. The second-order valence-corrected chi connectivity index (χ2v) is 7.65. The van der Waals surface area contributed by atoms with Gasteiger partial charge in [0.05, 0.1) is 5.03 Å². The van der Waals surface area contributed by atoms with Crippen LogP contribution in [0.2, 0.25) is 0 Å². The first-order valence-electron chi connectivity index (χ1n) is 7.32. The number of carbonyl (C=O) groups excluding carboxylic acids is 1. The summed E-state index contributed by atoms with van der Waals surface area (Å²) in [5.74, 6) is 1.02. The summed E-state index contributed by atoms with van der Waals surface area (Å²) < 4.78 is 0. The summed E-state index contributed by atoms with van der Waals surface area (Å²) in [5.41, 5.74) is 2.33. The molecule has 2 atom stereocenters. The van der Waals surface area contributed by atoms with Crippen molar-refractivity contribution in [1.82, 2.24) is 4.98 Å². The highest BCUT2D eigenvalue weighted by Gasteiger charge is 2.61. The van der Waals surface area contributed by atoms with Crippen molar-refractivity contribution in [2.75, 3.05) is 0 Å². The van der Waals surface area contributed by atoms with Crippen molar-refractivity contribution in [3.63, 3.8) is 0 Å². The van der Waals surface area contributed by atoms with Gasteiger partial charge >= 0.3 is 0 Å². The van der Waals surface area contributed by atoms with Crippen LogP contribution < -0.4 is 0 Å². The molecule has 2 nitrogen and oxygen atoms in total. The van der Waals surface area contributed by atoms with Gasteiger partial charge in [0, 0.05) is 23.8 Å². The molecule has 1 fully saturated rings. The highest BCUT2D eigenvalue weighted by molar-refractivity contribution is 7.98. The van der Waals surface area contributed by atoms with E-state index in [4.69, 9.17) is 11.6 Å². The first kappa shape index (κ1) is 15.6. The van der Waals surface area contributed by atoms with E-state index in [1.54, 1.807) is 11.8 Å². The van der Waals surface area contributed by atoms with Crippen LogP contribution in [0.25, 0.3) is 0 Å². The lowest BCUT2D eigenvalue weighted by Gasteiger charge is -2.05. The van der Waals surface area contributed by atoms with Crippen LogP contribution in [-0.4, -0.2) is 10.2 Å². The van der Waals surface area contributed by atoms with Gasteiger partial charge in [-0.3, -0.25) is 4.79 Å². The standard InChI is InChI=1S/C18H18ClNOS/c1-18(2)15(16(18)17(19)21)13-8-9-14(20-10-13)22-11-12-6-4-3-5-7-12/h3-10,15-16H,11H2,1-2H3/t15-,16+/m0/s1. The Balaban J connectivity index is 1.65. The zero-order valence-electron chi connectivity index (χ0n) is 12.6. The Morgan fingerprint density at radius 3 is 2.50 bits per heavy atom. The molecular formula is C18H18ClNOS. The van der Waals surface area contributed by atoms with Crippen molar-refractivity contribution < 1.29 is 4.79 Å². The van der Waals surface area contributed by atoms with Crippen LogP contribution >= 0.6 is 23.4 Å². The molecule has 1 heterocycles. The first-order valence-corrected chi connectivity index (χ1v) is 8.68. The lowest BCUT2D eigenvalue weighted by Crippen LogP contribution is -1.96. The van der Waals surface area contributed by atoms with Crippen molar-refractivity contribution in [2.45, 2.75) is 30.5 Å². The molecular weight excluding hydrogens is 314 g/mol. The van der Waals surface area contributed by atoms with Gasteiger partial charge in [-0.05, 0) is 34.2 Å². The maximum Gasteiger partial charge on any atom is 0.225 e. The quantitative estimate of drug-likeness (QED) is 0.577. The molecule has 3 rings (SSSR count). The third-order valence-corrected chi connectivity index (χ3v) is 5.67. The molecule has 1 aromatic carbocycles. The van der Waals surface area contributed by atoms with Crippen molar-refractivity contribution in [3.8, 4) is 0 Å². The van der Waals surface area contributed by atoms with E-state index < -0.39 is 0 Å². The fourth-order valence-electron chi connectivity index (χ4n) is 3.08. The molecule has 0 unspecified atom stereocenters. The zero-order valence-corrected chi connectivity index (χ0v) is 14.2. The maximum atomic E-state index is 11.5. The molecule has 0 saturated heterocycles. The van der Waals surface area contributed by atoms with Gasteiger partial charge in [-0.2, -0.15) is 0 Å². The van der Waals surface area contributed by atoms with Gasteiger partial charge in [-0.15, -0.1) is 11.8 Å².